The van der Waals surface area contributed by atoms with Crippen LogP contribution in [0.2, 0.25) is 0 Å². The van der Waals surface area contributed by atoms with Gasteiger partial charge in [-0.2, -0.15) is 0 Å². The number of carbonyl (C=O) groups excluding carboxylic acids is 1. The SMILES string of the molecule is COc1ccc(S(=O)(=O)CCCC(=O)Nc2nnc(-c3cccnc3)o2)cc1. The lowest BCUT2D eigenvalue weighted by Gasteiger charge is -2.05. The van der Waals surface area contributed by atoms with E-state index in [0.717, 1.165) is 0 Å². The molecular formula is C18H18N4O5S. The number of sulfone groups is 1. The largest absolute Gasteiger partial charge is 0.497 e. The molecule has 3 aromatic rings. The van der Waals surface area contributed by atoms with Crippen LogP contribution in [0.1, 0.15) is 12.8 Å². The van der Waals surface area contributed by atoms with Crippen molar-refractivity contribution in [2.24, 2.45) is 0 Å². The zero-order valence-corrected chi connectivity index (χ0v) is 15.8. The molecule has 1 amide bonds. The second-order valence-electron chi connectivity index (χ2n) is 5.80. The predicted molar refractivity (Wildman–Crippen MR) is 100 cm³/mol. The van der Waals surface area contributed by atoms with E-state index in [0.29, 0.717) is 11.3 Å². The van der Waals surface area contributed by atoms with Gasteiger partial charge in [-0.3, -0.25) is 15.1 Å². The zero-order valence-electron chi connectivity index (χ0n) is 15.0. The Bertz CT molecular complexity index is 1030. The molecule has 1 aromatic carbocycles. The van der Waals surface area contributed by atoms with Gasteiger partial charge in [-0.15, -0.1) is 5.10 Å². The van der Waals surface area contributed by atoms with Crippen LogP contribution in [0.5, 0.6) is 5.75 Å². The molecule has 0 aliphatic heterocycles. The minimum atomic E-state index is -3.48. The molecule has 2 heterocycles. The van der Waals surface area contributed by atoms with Crippen LogP contribution < -0.4 is 10.1 Å². The number of carbonyl (C=O) groups is 1. The summed E-state index contributed by atoms with van der Waals surface area (Å²) in [6, 6.07) is 9.53. The van der Waals surface area contributed by atoms with Crippen LogP contribution in [-0.4, -0.2) is 42.4 Å². The van der Waals surface area contributed by atoms with E-state index in [9.17, 15) is 13.2 Å². The van der Waals surface area contributed by atoms with Crippen molar-refractivity contribution >= 4 is 21.8 Å². The molecule has 0 unspecified atom stereocenters. The maximum atomic E-state index is 12.3. The van der Waals surface area contributed by atoms with Gasteiger partial charge in [-0.1, -0.05) is 5.10 Å². The molecule has 0 bridgehead atoms. The van der Waals surface area contributed by atoms with E-state index in [-0.39, 0.29) is 35.4 Å². The molecule has 1 N–H and O–H groups in total. The number of methoxy groups -OCH3 is 1. The summed E-state index contributed by atoms with van der Waals surface area (Å²) in [7, 11) is -1.97. The van der Waals surface area contributed by atoms with E-state index in [1.165, 1.54) is 19.2 Å². The van der Waals surface area contributed by atoms with E-state index in [2.05, 4.69) is 20.5 Å². The third-order valence-corrected chi connectivity index (χ3v) is 5.63. The molecule has 3 rings (SSSR count). The van der Waals surface area contributed by atoms with Gasteiger partial charge in [0.1, 0.15) is 5.75 Å². The number of anilines is 1. The number of nitrogens with zero attached hydrogens (tertiary/aromatic N) is 3. The van der Waals surface area contributed by atoms with Gasteiger partial charge in [0.15, 0.2) is 9.84 Å². The number of hydrogen-bond acceptors (Lipinski definition) is 8. The number of pyridine rings is 1. The highest BCUT2D eigenvalue weighted by Crippen LogP contribution is 2.19. The van der Waals surface area contributed by atoms with Crippen molar-refractivity contribution in [3.8, 4) is 17.2 Å². The molecule has 0 radical (unpaired) electrons. The van der Waals surface area contributed by atoms with Crippen LogP contribution in [0.25, 0.3) is 11.5 Å². The van der Waals surface area contributed by atoms with Crippen LogP contribution in [-0.2, 0) is 14.6 Å². The first-order valence-corrected chi connectivity index (χ1v) is 10.0. The highest BCUT2D eigenvalue weighted by molar-refractivity contribution is 7.91. The third kappa shape index (κ3) is 4.92. The highest BCUT2D eigenvalue weighted by atomic mass is 32.2. The Balaban J connectivity index is 1.51. The smallest absolute Gasteiger partial charge is 0.322 e. The average molecular weight is 402 g/mol. The van der Waals surface area contributed by atoms with Gasteiger partial charge in [0.05, 0.1) is 23.3 Å². The Morgan fingerprint density at radius 1 is 1.18 bits per heavy atom. The summed E-state index contributed by atoms with van der Waals surface area (Å²) < 4.78 is 35.0. The molecule has 0 aliphatic rings. The summed E-state index contributed by atoms with van der Waals surface area (Å²) in [6.45, 7) is 0. The van der Waals surface area contributed by atoms with Crippen LogP contribution in [0.4, 0.5) is 6.01 Å². The number of aromatic nitrogens is 3. The number of rotatable bonds is 8. The molecule has 0 saturated heterocycles. The van der Waals surface area contributed by atoms with Gasteiger partial charge in [0.25, 0.3) is 5.89 Å². The molecule has 2 aromatic heterocycles. The molecule has 9 nitrogen and oxygen atoms in total. The number of hydrogen-bond donors (Lipinski definition) is 1. The minimum absolute atomic E-state index is 0.00000937. The lowest BCUT2D eigenvalue weighted by atomic mass is 10.3. The molecule has 0 fully saturated rings. The topological polar surface area (TPSA) is 124 Å². The molecule has 0 saturated carbocycles. The fraction of sp³-hybridized carbons (Fsp3) is 0.222. The van der Waals surface area contributed by atoms with Crippen LogP contribution in [0.15, 0.2) is 58.1 Å². The number of nitrogens with one attached hydrogen (secondary N) is 1. The van der Waals surface area contributed by atoms with Gasteiger partial charge in [-0.25, -0.2) is 8.42 Å². The lowest BCUT2D eigenvalue weighted by molar-refractivity contribution is -0.116. The van der Waals surface area contributed by atoms with Crippen molar-refractivity contribution in [3.63, 3.8) is 0 Å². The third-order valence-electron chi connectivity index (χ3n) is 3.82. The van der Waals surface area contributed by atoms with Gasteiger partial charge in [-0.05, 0) is 42.8 Å². The van der Waals surface area contributed by atoms with Crippen molar-refractivity contribution in [2.45, 2.75) is 17.7 Å². The van der Waals surface area contributed by atoms with E-state index in [1.807, 2.05) is 0 Å². The standard InChI is InChI=1S/C18H18N4O5S/c1-26-14-6-8-15(9-7-14)28(24,25)11-3-5-16(23)20-18-22-21-17(27-18)13-4-2-10-19-12-13/h2,4,6-10,12H,3,5,11H2,1H3,(H,20,22,23). The van der Waals surface area contributed by atoms with Crippen LogP contribution in [0.3, 0.4) is 0 Å². The first-order chi connectivity index (χ1) is 13.5. The van der Waals surface area contributed by atoms with Crippen LogP contribution >= 0.6 is 0 Å². The fourth-order valence-corrected chi connectivity index (χ4v) is 3.70. The monoisotopic (exact) mass is 402 g/mol. The second-order valence-corrected chi connectivity index (χ2v) is 7.91. The van der Waals surface area contributed by atoms with E-state index in [4.69, 9.17) is 9.15 Å². The van der Waals surface area contributed by atoms with Crippen LogP contribution in [0, 0.1) is 0 Å². The first kappa shape index (κ1) is 19.5. The molecular weight excluding hydrogens is 384 g/mol. The van der Waals surface area contributed by atoms with Crippen molar-refractivity contribution in [2.75, 3.05) is 18.2 Å². The number of benzene rings is 1. The summed E-state index contributed by atoms with van der Waals surface area (Å²) in [5.41, 5.74) is 0.626. The summed E-state index contributed by atoms with van der Waals surface area (Å²) in [4.78, 5) is 16.1. The zero-order chi connectivity index (χ0) is 20.0. The van der Waals surface area contributed by atoms with Crippen molar-refractivity contribution in [3.05, 3.63) is 48.8 Å². The number of amides is 1. The highest BCUT2D eigenvalue weighted by Gasteiger charge is 2.16. The van der Waals surface area contributed by atoms with Gasteiger partial charge >= 0.3 is 6.01 Å². The second kappa shape index (κ2) is 8.61. The maximum Gasteiger partial charge on any atom is 0.322 e. The molecule has 10 heteroatoms. The maximum absolute atomic E-state index is 12.3. The normalized spacial score (nSPS) is 11.2. The Kier molecular flexibility index (Phi) is 5.99. The predicted octanol–water partition coefficient (Wildman–Crippen LogP) is 2.33. The summed E-state index contributed by atoms with van der Waals surface area (Å²) >= 11 is 0. The van der Waals surface area contributed by atoms with Crippen molar-refractivity contribution in [1.29, 1.82) is 0 Å². The first-order valence-electron chi connectivity index (χ1n) is 8.38. The van der Waals surface area contributed by atoms with E-state index >= 15 is 0 Å². The summed E-state index contributed by atoms with van der Waals surface area (Å²) in [5.74, 6) is 0.234. The van der Waals surface area contributed by atoms with Gasteiger partial charge in [0, 0.05) is 18.8 Å². The van der Waals surface area contributed by atoms with Crippen molar-refractivity contribution < 1.29 is 22.4 Å². The Morgan fingerprint density at radius 3 is 2.64 bits per heavy atom. The van der Waals surface area contributed by atoms with Gasteiger partial charge in [0.2, 0.25) is 5.91 Å². The summed E-state index contributed by atoms with van der Waals surface area (Å²) in [5, 5.41) is 10.0. The Labute approximate surface area is 161 Å². The van der Waals surface area contributed by atoms with Crippen molar-refractivity contribution in [1.82, 2.24) is 15.2 Å². The Morgan fingerprint density at radius 2 is 1.96 bits per heavy atom. The van der Waals surface area contributed by atoms with E-state index in [1.54, 1.807) is 36.7 Å². The molecule has 0 spiro atoms. The minimum Gasteiger partial charge on any atom is -0.497 e. The van der Waals surface area contributed by atoms with E-state index < -0.39 is 15.7 Å². The molecule has 28 heavy (non-hydrogen) atoms. The quantitative estimate of drug-likeness (QED) is 0.609. The summed E-state index contributed by atoms with van der Waals surface area (Å²) in [6.07, 6.45) is 3.33. The average Bonchev–Trinajstić information content (AvgIpc) is 3.17. The Hall–Kier alpha value is -3.27. The fourth-order valence-electron chi connectivity index (χ4n) is 2.39. The number of ether oxygens (including phenoxy) is 1. The van der Waals surface area contributed by atoms with Gasteiger partial charge < -0.3 is 9.15 Å². The molecule has 0 aliphatic carbocycles. The molecule has 0 atom stereocenters. The lowest BCUT2D eigenvalue weighted by Crippen LogP contribution is -2.14. The molecule has 146 valence electrons.